The molecule has 3 aromatic rings. The van der Waals surface area contributed by atoms with Gasteiger partial charge in [0.2, 0.25) is 0 Å². The average Bonchev–Trinajstić information content (AvgIpc) is 3.25. The standard InChI is InChI=1S/C21H21FN4O3/c22-20-6-2-1-4-17(20)11-12-23-21(25-15-19-5-3-13-29-19)24-14-16-7-9-18(10-8-16)26(27)28/h1-10,13H,11-12,14-15H2,(H2,23,24,25). The van der Waals surface area contributed by atoms with Crippen molar-refractivity contribution in [3.63, 3.8) is 0 Å². The van der Waals surface area contributed by atoms with E-state index in [1.165, 1.54) is 18.2 Å². The Morgan fingerprint density at radius 1 is 1.07 bits per heavy atom. The number of non-ortho nitro benzene ring substituents is 1. The summed E-state index contributed by atoms with van der Waals surface area (Å²) >= 11 is 0. The fourth-order valence-electron chi connectivity index (χ4n) is 2.67. The largest absolute Gasteiger partial charge is 0.467 e. The van der Waals surface area contributed by atoms with Crippen LogP contribution in [-0.2, 0) is 19.5 Å². The van der Waals surface area contributed by atoms with Crippen LogP contribution in [0.1, 0.15) is 16.9 Å². The van der Waals surface area contributed by atoms with E-state index in [-0.39, 0.29) is 11.5 Å². The zero-order valence-corrected chi connectivity index (χ0v) is 15.7. The van der Waals surface area contributed by atoms with Gasteiger partial charge in [0.25, 0.3) is 5.69 Å². The zero-order chi connectivity index (χ0) is 20.5. The summed E-state index contributed by atoms with van der Waals surface area (Å²) in [5, 5.41) is 17.1. The first kappa shape index (κ1) is 20.1. The number of hydrogen-bond acceptors (Lipinski definition) is 4. The van der Waals surface area contributed by atoms with Crippen LogP contribution in [-0.4, -0.2) is 17.4 Å². The van der Waals surface area contributed by atoms with E-state index in [0.717, 1.165) is 11.3 Å². The van der Waals surface area contributed by atoms with Crippen LogP contribution in [0.25, 0.3) is 0 Å². The number of benzene rings is 2. The molecule has 7 nitrogen and oxygen atoms in total. The number of rotatable bonds is 8. The summed E-state index contributed by atoms with van der Waals surface area (Å²) in [6.07, 6.45) is 2.10. The van der Waals surface area contributed by atoms with Gasteiger partial charge in [0, 0.05) is 18.7 Å². The molecule has 0 fully saturated rings. The first-order chi connectivity index (χ1) is 14.1. The molecular formula is C21H21FN4O3. The minimum Gasteiger partial charge on any atom is -0.467 e. The Morgan fingerprint density at radius 2 is 1.86 bits per heavy atom. The van der Waals surface area contributed by atoms with E-state index in [1.54, 1.807) is 42.7 Å². The molecule has 150 valence electrons. The quantitative estimate of drug-likeness (QED) is 0.261. The highest BCUT2D eigenvalue weighted by atomic mass is 19.1. The second-order valence-electron chi connectivity index (χ2n) is 6.29. The van der Waals surface area contributed by atoms with Crippen molar-refractivity contribution in [2.24, 2.45) is 4.99 Å². The summed E-state index contributed by atoms with van der Waals surface area (Å²) in [5.74, 6) is 1.06. The normalized spacial score (nSPS) is 11.3. The highest BCUT2D eigenvalue weighted by Crippen LogP contribution is 2.12. The van der Waals surface area contributed by atoms with Gasteiger partial charge in [-0.15, -0.1) is 0 Å². The number of nitro groups is 1. The van der Waals surface area contributed by atoms with Crippen LogP contribution < -0.4 is 10.6 Å². The predicted octanol–water partition coefficient (Wildman–Crippen LogP) is 3.81. The zero-order valence-electron chi connectivity index (χ0n) is 15.7. The number of guanidine groups is 1. The number of nitrogens with one attached hydrogen (secondary N) is 2. The monoisotopic (exact) mass is 396 g/mol. The van der Waals surface area contributed by atoms with Crippen LogP contribution in [0.4, 0.5) is 10.1 Å². The Balaban J connectivity index is 1.62. The molecule has 3 rings (SSSR count). The highest BCUT2D eigenvalue weighted by molar-refractivity contribution is 5.79. The second kappa shape index (κ2) is 10.0. The van der Waals surface area contributed by atoms with E-state index in [9.17, 15) is 14.5 Å². The molecule has 0 saturated carbocycles. The van der Waals surface area contributed by atoms with Crippen molar-refractivity contribution in [1.82, 2.24) is 10.6 Å². The van der Waals surface area contributed by atoms with Gasteiger partial charge < -0.3 is 15.1 Å². The van der Waals surface area contributed by atoms with Gasteiger partial charge >= 0.3 is 0 Å². The van der Waals surface area contributed by atoms with Gasteiger partial charge in [-0.05, 0) is 35.7 Å². The molecule has 29 heavy (non-hydrogen) atoms. The fourth-order valence-corrected chi connectivity index (χ4v) is 2.67. The minimum atomic E-state index is -0.437. The van der Waals surface area contributed by atoms with E-state index in [4.69, 9.17) is 4.42 Å². The summed E-state index contributed by atoms with van der Waals surface area (Å²) < 4.78 is 19.1. The van der Waals surface area contributed by atoms with Crippen LogP contribution >= 0.6 is 0 Å². The van der Waals surface area contributed by atoms with Crippen LogP contribution in [0, 0.1) is 15.9 Å². The lowest BCUT2D eigenvalue weighted by atomic mass is 10.1. The van der Waals surface area contributed by atoms with E-state index in [2.05, 4.69) is 15.6 Å². The lowest BCUT2D eigenvalue weighted by molar-refractivity contribution is -0.384. The van der Waals surface area contributed by atoms with Crippen molar-refractivity contribution in [2.45, 2.75) is 19.5 Å². The maximum absolute atomic E-state index is 13.8. The lowest BCUT2D eigenvalue weighted by Gasteiger charge is -2.12. The molecule has 0 aliphatic rings. The van der Waals surface area contributed by atoms with E-state index in [1.807, 2.05) is 6.07 Å². The molecule has 0 aliphatic heterocycles. The number of aliphatic imine (C=N–C) groups is 1. The lowest BCUT2D eigenvalue weighted by Crippen LogP contribution is -2.38. The molecule has 0 saturated heterocycles. The SMILES string of the molecule is O=[N+]([O-])c1ccc(CN=C(NCCc2ccccc2F)NCc2ccco2)cc1. The number of nitro benzene ring substituents is 1. The molecule has 1 aromatic heterocycles. The maximum Gasteiger partial charge on any atom is 0.269 e. The highest BCUT2D eigenvalue weighted by Gasteiger charge is 2.06. The number of hydrogen-bond donors (Lipinski definition) is 2. The number of furan rings is 1. The predicted molar refractivity (Wildman–Crippen MR) is 108 cm³/mol. The van der Waals surface area contributed by atoms with Crippen LogP contribution in [0.5, 0.6) is 0 Å². The van der Waals surface area contributed by atoms with Crippen molar-refractivity contribution < 1.29 is 13.7 Å². The topological polar surface area (TPSA) is 92.7 Å². The van der Waals surface area contributed by atoms with Gasteiger partial charge in [-0.25, -0.2) is 9.38 Å². The minimum absolute atomic E-state index is 0.0388. The number of halogens is 1. The van der Waals surface area contributed by atoms with Crippen molar-refractivity contribution >= 4 is 11.6 Å². The van der Waals surface area contributed by atoms with Gasteiger partial charge in [0.15, 0.2) is 5.96 Å². The Labute approximate surface area is 167 Å². The molecule has 0 atom stereocenters. The van der Waals surface area contributed by atoms with E-state index >= 15 is 0 Å². The Hall–Kier alpha value is -3.68. The maximum atomic E-state index is 13.8. The molecular weight excluding hydrogens is 375 g/mol. The summed E-state index contributed by atoms with van der Waals surface area (Å²) in [6, 6.07) is 16.5. The summed E-state index contributed by atoms with van der Waals surface area (Å²) in [5.41, 5.74) is 1.50. The molecule has 1 heterocycles. The van der Waals surface area contributed by atoms with E-state index in [0.29, 0.717) is 37.6 Å². The summed E-state index contributed by atoms with van der Waals surface area (Å²) in [7, 11) is 0. The van der Waals surface area contributed by atoms with Crippen molar-refractivity contribution in [3.8, 4) is 0 Å². The fraction of sp³-hybridized carbons (Fsp3) is 0.190. The smallest absolute Gasteiger partial charge is 0.269 e. The van der Waals surface area contributed by atoms with Crippen LogP contribution in [0.2, 0.25) is 0 Å². The third-order valence-corrected chi connectivity index (χ3v) is 4.22. The van der Waals surface area contributed by atoms with Crippen molar-refractivity contribution in [2.75, 3.05) is 6.54 Å². The number of nitrogens with zero attached hydrogens (tertiary/aromatic N) is 2. The van der Waals surface area contributed by atoms with Gasteiger partial charge in [0.1, 0.15) is 11.6 Å². The van der Waals surface area contributed by atoms with Gasteiger partial charge in [0.05, 0.1) is 24.3 Å². The third-order valence-electron chi connectivity index (χ3n) is 4.22. The van der Waals surface area contributed by atoms with Gasteiger partial charge in [-0.1, -0.05) is 30.3 Å². The first-order valence-corrected chi connectivity index (χ1v) is 9.13. The van der Waals surface area contributed by atoms with Gasteiger partial charge in [-0.2, -0.15) is 0 Å². The third kappa shape index (κ3) is 6.17. The molecule has 0 radical (unpaired) electrons. The first-order valence-electron chi connectivity index (χ1n) is 9.13. The average molecular weight is 396 g/mol. The molecule has 2 aromatic carbocycles. The molecule has 0 amide bonds. The molecule has 0 aliphatic carbocycles. The van der Waals surface area contributed by atoms with Crippen molar-refractivity contribution in [3.05, 3.63) is 99.7 Å². The van der Waals surface area contributed by atoms with Crippen LogP contribution in [0.15, 0.2) is 76.3 Å². The van der Waals surface area contributed by atoms with E-state index < -0.39 is 4.92 Å². The molecule has 0 unspecified atom stereocenters. The molecule has 0 spiro atoms. The Kier molecular flexibility index (Phi) is 6.94. The molecule has 0 bridgehead atoms. The summed E-state index contributed by atoms with van der Waals surface area (Å²) in [6.45, 7) is 1.27. The Morgan fingerprint density at radius 3 is 2.55 bits per heavy atom. The summed E-state index contributed by atoms with van der Waals surface area (Å²) in [4.78, 5) is 14.8. The Bertz CT molecular complexity index is 956. The van der Waals surface area contributed by atoms with Crippen LogP contribution in [0.3, 0.4) is 0 Å². The van der Waals surface area contributed by atoms with Crippen molar-refractivity contribution in [1.29, 1.82) is 0 Å². The van der Waals surface area contributed by atoms with Gasteiger partial charge in [-0.3, -0.25) is 10.1 Å². The second-order valence-corrected chi connectivity index (χ2v) is 6.29. The molecule has 2 N–H and O–H groups in total. The molecule has 8 heteroatoms.